The molecule has 1 unspecified atom stereocenters. The maximum atomic E-state index is 10.4. The number of halogens is 2. The number of nitrogens with one attached hydrogen (secondary N) is 1. The third-order valence-electron chi connectivity index (χ3n) is 4.76. The Hall–Kier alpha value is -1.46. The fourth-order valence-corrected chi connectivity index (χ4v) is 3.47. The number of aliphatic hydroxyl groups is 1. The van der Waals surface area contributed by atoms with E-state index in [4.69, 9.17) is 32.7 Å². The number of rotatable bonds is 7. The highest BCUT2D eigenvalue weighted by Crippen LogP contribution is 2.31. The van der Waals surface area contributed by atoms with Crippen LogP contribution in [0.4, 0.5) is 0 Å². The van der Waals surface area contributed by atoms with Crippen LogP contribution in [0, 0.1) is 0 Å². The molecule has 146 valence electrons. The molecule has 2 aromatic rings. The highest BCUT2D eigenvalue weighted by Gasteiger charge is 2.31. The van der Waals surface area contributed by atoms with Gasteiger partial charge in [0.15, 0.2) is 0 Å². The van der Waals surface area contributed by atoms with Crippen molar-refractivity contribution in [1.82, 2.24) is 5.32 Å². The second kappa shape index (κ2) is 9.16. The van der Waals surface area contributed by atoms with Crippen LogP contribution in [0.2, 0.25) is 10.0 Å². The predicted octanol–water partition coefficient (Wildman–Crippen LogP) is 4.67. The number of benzene rings is 2. The first kappa shape index (κ1) is 20.3. The third-order valence-corrected chi connectivity index (χ3v) is 5.57. The van der Waals surface area contributed by atoms with Crippen molar-refractivity contribution in [2.75, 3.05) is 13.2 Å². The molecule has 1 fully saturated rings. The van der Waals surface area contributed by atoms with Gasteiger partial charge in [0, 0.05) is 19.0 Å². The fraction of sp³-hybridized carbons (Fsp3) is 0.429. The summed E-state index contributed by atoms with van der Waals surface area (Å²) in [5, 5.41) is 14.5. The summed E-state index contributed by atoms with van der Waals surface area (Å²) in [5.74, 6) is 1.82. The number of hydrogen-bond donors (Lipinski definition) is 2. The van der Waals surface area contributed by atoms with Crippen molar-refractivity contribution >= 4 is 23.2 Å². The predicted molar refractivity (Wildman–Crippen MR) is 109 cm³/mol. The van der Waals surface area contributed by atoms with Crippen molar-refractivity contribution in [3.05, 3.63) is 58.1 Å². The van der Waals surface area contributed by atoms with E-state index in [1.165, 1.54) is 5.56 Å². The number of aliphatic hydroxyl groups excluding tert-OH is 1. The van der Waals surface area contributed by atoms with E-state index in [1.54, 1.807) is 18.2 Å². The highest BCUT2D eigenvalue weighted by atomic mass is 35.5. The van der Waals surface area contributed by atoms with Crippen molar-refractivity contribution in [2.45, 2.75) is 44.4 Å². The first-order valence-corrected chi connectivity index (χ1v) is 9.94. The Morgan fingerprint density at radius 3 is 2.59 bits per heavy atom. The van der Waals surface area contributed by atoms with E-state index in [0.717, 1.165) is 5.75 Å². The molecule has 0 radical (unpaired) electrons. The van der Waals surface area contributed by atoms with Crippen LogP contribution in [0.3, 0.4) is 0 Å². The van der Waals surface area contributed by atoms with E-state index in [9.17, 15) is 5.11 Å². The maximum Gasteiger partial charge on any atom is 0.139 e. The van der Waals surface area contributed by atoms with E-state index < -0.39 is 6.10 Å². The highest BCUT2D eigenvalue weighted by molar-refractivity contribution is 6.42. The average Bonchev–Trinajstić information content (AvgIpc) is 3.12. The molecule has 3 rings (SSSR count). The Bertz CT molecular complexity index is 752. The van der Waals surface area contributed by atoms with Crippen molar-refractivity contribution < 1.29 is 14.6 Å². The van der Waals surface area contributed by atoms with Crippen LogP contribution in [0.25, 0.3) is 0 Å². The van der Waals surface area contributed by atoms with E-state index in [1.807, 2.05) is 12.1 Å². The van der Waals surface area contributed by atoms with Gasteiger partial charge in [-0.15, -0.1) is 0 Å². The summed E-state index contributed by atoms with van der Waals surface area (Å²) in [6.45, 7) is 5.15. The molecule has 3 atom stereocenters. The molecule has 1 aliphatic heterocycles. The van der Waals surface area contributed by atoms with Gasteiger partial charge < -0.3 is 19.9 Å². The summed E-state index contributed by atoms with van der Waals surface area (Å²) in [4.78, 5) is 0. The van der Waals surface area contributed by atoms with E-state index in [2.05, 4.69) is 31.3 Å². The molecule has 0 amide bonds. The minimum absolute atomic E-state index is 0.0179. The Labute approximate surface area is 170 Å². The molecule has 0 spiro atoms. The molecule has 1 saturated heterocycles. The molecule has 0 saturated carbocycles. The summed E-state index contributed by atoms with van der Waals surface area (Å²) in [6, 6.07) is 13.3. The van der Waals surface area contributed by atoms with Crippen LogP contribution in [0.1, 0.15) is 31.7 Å². The standard InChI is InChI=1S/C21H25Cl2NO3/c1-13(2)14-6-8-15(9-7-14)27-16-10-18(24-11-16)19(25)12-26-20-5-3-4-17(22)21(20)23/h3-9,13,16,18-19,24-25H,10-12H2,1-2H3/t16-,18-,19?/m1/s1. The van der Waals surface area contributed by atoms with Gasteiger partial charge in [-0.1, -0.05) is 55.2 Å². The third kappa shape index (κ3) is 5.29. The molecule has 1 aliphatic rings. The molecule has 2 N–H and O–H groups in total. The van der Waals surface area contributed by atoms with Crippen molar-refractivity contribution in [3.63, 3.8) is 0 Å². The lowest BCUT2D eigenvalue weighted by molar-refractivity contribution is 0.0756. The van der Waals surface area contributed by atoms with Gasteiger partial charge in [-0.3, -0.25) is 0 Å². The fourth-order valence-electron chi connectivity index (χ4n) is 3.13. The molecular weight excluding hydrogens is 385 g/mol. The second-order valence-corrected chi connectivity index (χ2v) is 7.93. The molecule has 0 bridgehead atoms. The van der Waals surface area contributed by atoms with Crippen LogP contribution in [0.5, 0.6) is 11.5 Å². The molecule has 1 heterocycles. The summed E-state index contributed by atoms with van der Waals surface area (Å²) in [7, 11) is 0. The normalized spacial score (nSPS) is 20.7. The lowest BCUT2D eigenvalue weighted by Crippen LogP contribution is -2.38. The minimum atomic E-state index is -0.669. The van der Waals surface area contributed by atoms with Crippen LogP contribution in [-0.2, 0) is 0 Å². The first-order valence-electron chi connectivity index (χ1n) is 9.19. The Morgan fingerprint density at radius 1 is 1.15 bits per heavy atom. The second-order valence-electron chi connectivity index (χ2n) is 7.14. The molecule has 4 nitrogen and oxygen atoms in total. The number of ether oxygens (including phenoxy) is 2. The van der Waals surface area contributed by atoms with E-state index in [-0.39, 0.29) is 18.8 Å². The van der Waals surface area contributed by atoms with Gasteiger partial charge in [-0.25, -0.2) is 0 Å². The Balaban J connectivity index is 1.49. The monoisotopic (exact) mass is 409 g/mol. The lowest BCUT2D eigenvalue weighted by Gasteiger charge is -2.19. The zero-order valence-electron chi connectivity index (χ0n) is 15.5. The zero-order chi connectivity index (χ0) is 19.4. The first-order chi connectivity index (χ1) is 12.9. The molecular formula is C21H25Cl2NO3. The Kier molecular flexibility index (Phi) is 6.88. The molecule has 6 heteroatoms. The largest absolute Gasteiger partial charge is 0.489 e. The minimum Gasteiger partial charge on any atom is -0.489 e. The quantitative estimate of drug-likeness (QED) is 0.697. The Morgan fingerprint density at radius 2 is 1.89 bits per heavy atom. The van der Waals surface area contributed by atoms with Gasteiger partial charge in [-0.05, 0) is 35.7 Å². The van der Waals surface area contributed by atoms with Gasteiger partial charge in [0.05, 0.1) is 5.02 Å². The number of hydrogen-bond acceptors (Lipinski definition) is 4. The SMILES string of the molecule is CC(C)c1ccc(O[C@H]2CN[C@@H](C(O)COc3cccc(Cl)c3Cl)C2)cc1. The smallest absolute Gasteiger partial charge is 0.139 e. The van der Waals surface area contributed by atoms with E-state index >= 15 is 0 Å². The summed E-state index contributed by atoms with van der Waals surface area (Å²) in [6.07, 6.45) is 0.0565. The summed E-state index contributed by atoms with van der Waals surface area (Å²) >= 11 is 12.1. The summed E-state index contributed by atoms with van der Waals surface area (Å²) < 4.78 is 11.7. The topological polar surface area (TPSA) is 50.7 Å². The van der Waals surface area contributed by atoms with Crippen LogP contribution in [-0.4, -0.2) is 36.5 Å². The van der Waals surface area contributed by atoms with Crippen molar-refractivity contribution in [2.24, 2.45) is 0 Å². The van der Waals surface area contributed by atoms with Crippen LogP contribution < -0.4 is 14.8 Å². The molecule has 0 aromatic heterocycles. The van der Waals surface area contributed by atoms with E-state index in [0.29, 0.717) is 34.7 Å². The average molecular weight is 410 g/mol. The lowest BCUT2D eigenvalue weighted by atomic mass is 10.0. The molecule has 27 heavy (non-hydrogen) atoms. The van der Waals surface area contributed by atoms with Crippen molar-refractivity contribution in [1.29, 1.82) is 0 Å². The van der Waals surface area contributed by atoms with Crippen LogP contribution >= 0.6 is 23.2 Å². The zero-order valence-corrected chi connectivity index (χ0v) is 17.0. The maximum absolute atomic E-state index is 10.4. The van der Waals surface area contributed by atoms with Gasteiger partial charge >= 0.3 is 0 Å². The van der Waals surface area contributed by atoms with Gasteiger partial charge in [0.1, 0.15) is 35.3 Å². The van der Waals surface area contributed by atoms with Crippen LogP contribution in [0.15, 0.2) is 42.5 Å². The van der Waals surface area contributed by atoms with Gasteiger partial charge in [0.25, 0.3) is 0 Å². The van der Waals surface area contributed by atoms with Gasteiger partial charge in [0.2, 0.25) is 0 Å². The van der Waals surface area contributed by atoms with Gasteiger partial charge in [-0.2, -0.15) is 0 Å². The molecule has 0 aliphatic carbocycles. The molecule has 2 aromatic carbocycles. The van der Waals surface area contributed by atoms with Crippen molar-refractivity contribution in [3.8, 4) is 11.5 Å². The summed E-state index contributed by atoms with van der Waals surface area (Å²) in [5.41, 5.74) is 1.29.